The van der Waals surface area contributed by atoms with Crippen LogP contribution < -0.4 is 5.32 Å². The van der Waals surface area contributed by atoms with E-state index in [2.05, 4.69) is 15.5 Å². The van der Waals surface area contributed by atoms with Gasteiger partial charge in [-0.05, 0) is 28.6 Å². The van der Waals surface area contributed by atoms with Gasteiger partial charge >= 0.3 is 0 Å². The number of amides is 1. The molecule has 3 aromatic rings. The second-order valence-electron chi connectivity index (χ2n) is 4.78. The van der Waals surface area contributed by atoms with Gasteiger partial charge in [0.1, 0.15) is 0 Å². The Kier molecular flexibility index (Phi) is 3.87. The van der Waals surface area contributed by atoms with E-state index in [1.165, 1.54) is 0 Å². The third-order valence-electron chi connectivity index (χ3n) is 3.39. The van der Waals surface area contributed by atoms with Crippen molar-refractivity contribution in [2.24, 2.45) is 5.18 Å². The van der Waals surface area contributed by atoms with Crippen LogP contribution in [0, 0.1) is 4.91 Å². The Hall–Kier alpha value is -3.08. The molecule has 2 aromatic carbocycles. The van der Waals surface area contributed by atoms with E-state index in [9.17, 15) is 9.70 Å². The summed E-state index contributed by atoms with van der Waals surface area (Å²) in [5.41, 5.74) is 2.77. The minimum Gasteiger partial charge on any atom is -0.324 e. The molecule has 0 bridgehead atoms. The summed E-state index contributed by atoms with van der Waals surface area (Å²) in [7, 11) is 0. The molecule has 0 fully saturated rings. The maximum Gasteiger partial charge on any atom is 0.249 e. The summed E-state index contributed by atoms with van der Waals surface area (Å²) in [4.78, 5) is 25.9. The Morgan fingerprint density at radius 2 is 1.86 bits per heavy atom. The van der Waals surface area contributed by atoms with Crippen molar-refractivity contribution in [2.75, 3.05) is 11.9 Å². The number of carbonyl (C=O) groups excluding carboxylic acids is 1. The lowest BCUT2D eigenvalue weighted by Crippen LogP contribution is -2.14. The SMILES string of the molecule is O=NCC(=O)Nc1ccc(-c2ccccc2)c2ccncc12. The van der Waals surface area contributed by atoms with Gasteiger partial charge in [-0.2, -0.15) is 4.91 Å². The number of benzene rings is 2. The summed E-state index contributed by atoms with van der Waals surface area (Å²) >= 11 is 0. The molecule has 1 amide bonds. The zero-order valence-electron chi connectivity index (χ0n) is 11.7. The first-order chi connectivity index (χ1) is 10.8. The summed E-state index contributed by atoms with van der Waals surface area (Å²) in [5.74, 6) is -0.437. The molecule has 0 spiro atoms. The first-order valence-corrected chi connectivity index (χ1v) is 6.80. The molecule has 0 aliphatic rings. The fourth-order valence-corrected chi connectivity index (χ4v) is 2.42. The number of fused-ring (bicyclic) bond motifs is 1. The van der Waals surface area contributed by atoms with Crippen molar-refractivity contribution in [3.8, 4) is 11.1 Å². The predicted molar refractivity (Wildman–Crippen MR) is 86.5 cm³/mol. The molecule has 0 radical (unpaired) electrons. The molecular formula is C17H13N3O2. The molecule has 0 aliphatic heterocycles. The molecule has 1 aromatic heterocycles. The molecule has 5 heteroatoms. The first-order valence-electron chi connectivity index (χ1n) is 6.80. The van der Waals surface area contributed by atoms with Gasteiger partial charge < -0.3 is 5.32 Å². The highest BCUT2D eigenvalue weighted by Gasteiger charge is 2.10. The van der Waals surface area contributed by atoms with E-state index in [0.717, 1.165) is 21.9 Å². The molecule has 1 N–H and O–H groups in total. The van der Waals surface area contributed by atoms with E-state index in [4.69, 9.17) is 0 Å². The zero-order valence-corrected chi connectivity index (χ0v) is 11.7. The third kappa shape index (κ3) is 2.69. The standard InChI is InChI=1S/C17H13N3O2/c21-17(11-19-22)20-16-7-6-13(12-4-2-1-3-5-12)14-8-9-18-10-15(14)16/h1-10H,11H2,(H,20,21). The average molecular weight is 291 g/mol. The van der Waals surface area contributed by atoms with Crippen LogP contribution in [0.5, 0.6) is 0 Å². The third-order valence-corrected chi connectivity index (χ3v) is 3.39. The molecule has 1 heterocycles. The number of rotatable bonds is 4. The molecule has 22 heavy (non-hydrogen) atoms. The number of anilines is 1. The number of aromatic nitrogens is 1. The highest BCUT2D eigenvalue weighted by Crippen LogP contribution is 2.32. The number of pyridine rings is 1. The minimum atomic E-state index is -0.437. The monoisotopic (exact) mass is 291 g/mol. The molecule has 0 unspecified atom stereocenters. The Labute approximate surface area is 127 Å². The van der Waals surface area contributed by atoms with Crippen molar-refractivity contribution >= 4 is 22.4 Å². The number of carbonyl (C=O) groups is 1. The fraction of sp³-hybridized carbons (Fsp3) is 0.0588. The largest absolute Gasteiger partial charge is 0.324 e. The minimum absolute atomic E-state index is 0.401. The second-order valence-corrected chi connectivity index (χ2v) is 4.78. The van der Waals surface area contributed by atoms with Gasteiger partial charge in [0.15, 0.2) is 6.54 Å². The lowest BCUT2D eigenvalue weighted by molar-refractivity contribution is -0.114. The summed E-state index contributed by atoms with van der Waals surface area (Å²) in [6, 6.07) is 15.7. The topological polar surface area (TPSA) is 71.4 Å². The Balaban J connectivity index is 2.11. The maximum atomic E-state index is 11.6. The number of hydrogen-bond donors (Lipinski definition) is 1. The number of nitrogens with zero attached hydrogens (tertiary/aromatic N) is 2. The van der Waals surface area contributed by atoms with Gasteiger partial charge in [0.05, 0.1) is 5.69 Å². The zero-order chi connectivity index (χ0) is 15.4. The molecular weight excluding hydrogens is 278 g/mol. The van der Waals surface area contributed by atoms with Crippen molar-refractivity contribution in [3.05, 3.63) is 65.8 Å². The van der Waals surface area contributed by atoms with Crippen LogP contribution in [0.4, 0.5) is 5.69 Å². The molecule has 0 aliphatic carbocycles. The quantitative estimate of drug-likeness (QED) is 0.746. The van der Waals surface area contributed by atoms with E-state index in [-0.39, 0.29) is 0 Å². The lowest BCUT2D eigenvalue weighted by Gasteiger charge is -2.11. The fourth-order valence-electron chi connectivity index (χ4n) is 2.42. The maximum absolute atomic E-state index is 11.6. The van der Waals surface area contributed by atoms with E-state index in [1.807, 2.05) is 48.5 Å². The normalized spacial score (nSPS) is 10.4. The number of hydrogen-bond acceptors (Lipinski definition) is 4. The van der Waals surface area contributed by atoms with Gasteiger partial charge in [-0.1, -0.05) is 41.6 Å². The van der Waals surface area contributed by atoms with Gasteiger partial charge in [0, 0.05) is 17.8 Å². The Morgan fingerprint density at radius 1 is 1.05 bits per heavy atom. The van der Waals surface area contributed by atoms with Crippen molar-refractivity contribution in [3.63, 3.8) is 0 Å². The van der Waals surface area contributed by atoms with Gasteiger partial charge in [-0.3, -0.25) is 9.78 Å². The molecule has 108 valence electrons. The molecule has 3 rings (SSSR count). The number of nitrogens with one attached hydrogen (secondary N) is 1. The van der Waals surface area contributed by atoms with Gasteiger partial charge in [0.2, 0.25) is 5.91 Å². The molecule has 0 saturated carbocycles. The summed E-state index contributed by atoms with van der Waals surface area (Å²) in [6.07, 6.45) is 3.42. The highest BCUT2D eigenvalue weighted by atomic mass is 16.3. The van der Waals surface area contributed by atoms with Crippen LogP contribution >= 0.6 is 0 Å². The van der Waals surface area contributed by atoms with Crippen LogP contribution in [0.1, 0.15) is 0 Å². The average Bonchev–Trinajstić information content (AvgIpc) is 2.56. The van der Waals surface area contributed by atoms with Crippen molar-refractivity contribution in [2.45, 2.75) is 0 Å². The van der Waals surface area contributed by atoms with Crippen LogP contribution in [0.25, 0.3) is 21.9 Å². The summed E-state index contributed by atoms with van der Waals surface area (Å²) < 4.78 is 0. The van der Waals surface area contributed by atoms with Crippen molar-refractivity contribution in [1.29, 1.82) is 0 Å². The lowest BCUT2D eigenvalue weighted by atomic mass is 9.98. The molecule has 5 nitrogen and oxygen atoms in total. The van der Waals surface area contributed by atoms with Crippen LogP contribution in [0.15, 0.2) is 66.1 Å². The Bertz CT molecular complexity index is 832. The second kappa shape index (κ2) is 6.13. The molecule has 0 saturated heterocycles. The van der Waals surface area contributed by atoms with Crippen LogP contribution in [-0.4, -0.2) is 17.4 Å². The van der Waals surface area contributed by atoms with E-state index in [0.29, 0.717) is 5.69 Å². The van der Waals surface area contributed by atoms with E-state index < -0.39 is 12.5 Å². The number of nitroso groups, excluding NO2 is 1. The van der Waals surface area contributed by atoms with Crippen LogP contribution in [-0.2, 0) is 4.79 Å². The van der Waals surface area contributed by atoms with Crippen molar-refractivity contribution < 1.29 is 4.79 Å². The van der Waals surface area contributed by atoms with E-state index >= 15 is 0 Å². The Morgan fingerprint density at radius 3 is 2.64 bits per heavy atom. The van der Waals surface area contributed by atoms with Gasteiger partial charge in [-0.15, -0.1) is 0 Å². The van der Waals surface area contributed by atoms with Crippen LogP contribution in [0.3, 0.4) is 0 Å². The first kappa shape index (κ1) is 13.9. The van der Waals surface area contributed by atoms with Gasteiger partial charge in [-0.25, -0.2) is 0 Å². The summed E-state index contributed by atoms with van der Waals surface area (Å²) in [6.45, 7) is -0.401. The van der Waals surface area contributed by atoms with E-state index in [1.54, 1.807) is 12.4 Å². The highest BCUT2D eigenvalue weighted by molar-refractivity contribution is 6.07. The van der Waals surface area contributed by atoms with Gasteiger partial charge in [0.25, 0.3) is 0 Å². The van der Waals surface area contributed by atoms with Crippen molar-refractivity contribution in [1.82, 2.24) is 4.98 Å². The smallest absolute Gasteiger partial charge is 0.249 e. The van der Waals surface area contributed by atoms with Crippen LogP contribution in [0.2, 0.25) is 0 Å². The predicted octanol–water partition coefficient (Wildman–Crippen LogP) is 3.61. The molecule has 0 atom stereocenters. The summed E-state index contributed by atoms with van der Waals surface area (Å²) in [5, 5.41) is 7.10.